The van der Waals surface area contributed by atoms with Crippen molar-refractivity contribution in [1.29, 1.82) is 0 Å². The number of carbonyl (C=O) groups is 2. The Labute approximate surface area is 363 Å². The Balaban J connectivity index is 0.000000188. The average molecular weight is 845 g/mol. The van der Waals surface area contributed by atoms with Crippen LogP contribution in [0.2, 0.25) is 0 Å². The number of phenols is 1. The van der Waals surface area contributed by atoms with Gasteiger partial charge in [-0.25, -0.2) is 0 Å². The van der Waals surface area contributed by atoms with Crippen LogP contribution in [0.15, 0.2) is 97.3 Å². The molecule has 2 saturated heterocycles. The number of methoxy groups -OCH3 is 3. The molecule has 4 heterocycles. The maximum atomic E-state index is 11.6. The van der Waals surface area contributed by atoms with E-state index in [0.717, 1.165) is 128 Å². The van der Waals surface area contributed by atoms with E-state index in [4.69, 9.17) is 30.4 Å². The van der Waals surface area contributed by atoms with Crippen LogP contribution in [0.4, 0.5) is 0 Å². The van der Waals surface area contributed by atoms with Crippen LogP contribution in [0, 0.1) is 0 Å². The van der Waals surface area contributed by atoms with Crippen LogP contribution in [0.1, 0.15) is 69.6 Å². The average Bonchev–Trinajstić information content (AvgIpc) is 3.93. The molecule has 2 fully saturated rings. The van der Waals surface area contributed by atoms with Gasteiger partial charge in [0, 0.05) is 104 Å². The number of piperidine rings is 2. The van der Waals surface area contributed by atoms with Crippen molar-refractivity contribution in [3.8, 4) is 23.0 Å². The molecule has 4 aromatic carbocycles. The monoisotopic (exact) mass is 844 g/mol. The SMILES string of the molecule is COCCOc1cccc(OC)c1CCN1CCC(n2ccc3ccc(C(N)=O)cc32)CC1.COc1cccc(O)c1CCN1CCC(n2ccc3ccc(C(N)=O)cc32)CC1. The molecule has 0 aliphatic carbocycles. The highest BCUT2D eigenvalue weighted by Crippen LogP contribution is 2.33. The molecule has 6 aromatic rings. The van der Waals surface area contributed by atoms with Gasteiger partial charge in [0.2, 0.25) is 11.8 Å². The topological polar surface area (TPSA) is 160 Å². The predicted molar refractivity (Wildman–Crippen MR) is 243 cm³/mol. The minimum Gasteiger partial charge on any atom is -0.508 e. The standard InChI is InChI=1S/C26H33N3O4.C23H27N3O3/c1-31-16-17-33-25-5-3-4-24(32-2)22(25)11-14-28-12-9-21(10-13-28)29-15-8-19-6-7-20(26(27)30)18-23(19)29;1-29-22-4-2-3-21(27)19(22)10-13-25-11-8-18(9-12-25)26-14-7-16-5-6-17(23(24)28)15-20(16)26/h3-8,15,18,21H,9-14,16-17H2,1-2H3,(H2,27,30);2-7,14-15,18,27H,8-13H2,1H3,(H2,24,28). The van der Waals surface area contributed by atoms with Gasteiger partial charge in [0.1, 0.15) is 29.6 Å². The number of likely N-dealkylation sites (tertiary alicyclic amines) is 2. The molecule has 0 saturated carbocycles. The third-order valence-corrected chi connectivity index (χ3v) is 12.5. The number of carbonyl (C=O) groups excluding carboxylic acids is 2. The van der Waals surface area contributed by atoms with Crippen molar-refractivity contribution < 1.29 is 33.6 Å². The van der Waals surface area contributed by atoms with Gasteiger partial charge >= 0.3 is 0 Å². The summed E-state index contributed by atoms with van der Waals surface area (Å²) in [5.74, 6) is 1.98. The molecule has 0 atom stereocenters. The van der Waals surface area contributed by atoms with Crippen molar-refractivity contribution in [1.82, 2.24) is 18.9 Å². The number of benzene rings is 4. The number of primary amides is 2. The van der Waals surface area contributed by atoms with Crippen molar-refractivity contribution in [2.75, 3.05) is 73.8 Å². The van der Waals surface area contributed by atoms with Crippen LogP contribution in [0.3, 0.4) is 0 Å². The zero-order valence-corrected chi connectivity index (χ0v) is 36.1. The minimum atomic E-state index is -0.394. The maximum absolute atomic E-state index is 11.6. The lowest BCUT2D eigenvalue weighted by molar-refractivity contribution is 0.0992. The molecule has 2 amide bonds. The highest BCUT2D eigenvalue weighted by Gasteiger charge is 2.24. The van der Waals surface area contributed by atoms with E-state index in [2.05, 4.69) is 43.5 Å². The molecule has 2 aliphatic heterocycles. The van der Waals surface area contributed by atoms with Crippen molar-refractivity contribution in [3.63, 3.8) is 0 Å². The molecule has 0 spiro atoms. The summed E-state index contributed by atoms with van der Waals surface area (Å²) >= 11 is 0. The van der Waals surface area contributed by atoms with Crippen LogP contribution in [-0.4, -0.2) is 110 Å². The number of fused-ring (bicyclic) bond motifs is 2. The molecular weight excluding hydrogens is 785 g/mol. The summed E-state index contributed by atoms with van der Waals surface area (Å²) in [6, 6.07) is 27.7. The van der Waals surface area contributed by atoms with Crippen LogP contribution in [0.5, 0.6) is 23.0 Å². The summed E-state index contributed by atoms with van der Waals surface area (Å²) in [5, 5.41) is 12.4. The summed E-state index contributed by atoms with van der Waals surface area (Å²) in [4.78, 5) is 28.1. The maximum Gasteiger partial charge on any atom is 0.248 e. The van der Waals surface area contributed by atoms with Crippen LogP contribution in [0.25, 0.3) is 21.8 Å². The van der Waals surface area contributed by atoms with E-state index >= 15 is 0 Å². The first kappa shape index (κ1) is 44.0. The van der Waals surface area contributed by atoms with Gasteiger partial charge in [0.25, 0.3) is 0 Å². The number of nitrogens with zero attached hydrogens (tertiary/aromatic N) is 4. The Morgan fingerprint density at radius 1 is 0.613 bits per heavy atom. The number of hydrogen-bond donors (Lipinski definition) is 3. The van der Waals surface area contributed by atoms with Gasteiger partial charge in [-0.15, -0.1) is 0 Å². The van der Waals surface area contributed by atoms with Gasteiger partial charge < -0.3 is 54.5 Å². The van der Waals surface area contributed by atoms with E-state index in [-0.39, 0.29) is 5.91 Å². The molecule has 0 unspecified atom stereocenters. The van der Waals surface area contributed by atoms with Crippen LogP contribution >= 0.6 is 0 Å². The van der Waals surface area contributed by atoms with Gasteiger partial charge in [-0.3, -0.25) is 9.59 Å². The second-order valence-electron chi connectivity index (χ2n) is 16.1. The molecule has 2 aromatic heterocycles. The van der Waals surface area contributed by atoms with Gasteiger partial charge in [-0.2, -0.15) is 0 Å². The molecule has 328 valence electrons. The molecule has 0 radical (unpaired) electrons. The van der Waals surface area contributed by atoms with Gasteiger partial charge in [0.15, 0.2) is 0 Å². The smallest absolute Gasteiger partial charge is 0.248 e. The quantitative estimate of drug-likeness (QED) is 0.0874. The number of hydrogen-bond acceptors (Lipinski definition) is 9. The number of amides is 2. The van der Waals surface area contributed by atoms with E-state index in [1.54, 1.807) is 45.6 Å². The Morgan fingerprint density at radius 2 is 1.08 bits per heavy atom. The number of aromatic nitrogens is 2. The lowest BCUT2D eigenvalue weighted by atomic mass is 10.0. The van der Waals surface area contributed by atoms with E-state index in [1.165, 1.54) is 0 Å². The first-order valence-corrected chi connectivity index (χ1v) is 21.5. The van der Waals surface area contributed by atoms with Crippen LogP contribution < -0.4 is 25.7 Å². The summed E-state index contributed by atoms with van der Waals surface area (Å²) in [7, 11) is 5.01. The van der Waals surface area contributed by atoms with Crippen molar-refractivity contribution in [2.24, 2.45) is 11.5 Å². The second kappa shape index (κ2) is 20.7. The zero-order valence-electron chi connectivity index (χ0n) is 36.1. The second-order valence-corrected chi connectivity index (χ2v) is 16.1. The molecule has 0 bridgehead atoms. The fourth-order valence-corrected chi connectivity index (χ4v) is 8.97. The van der Waals surface area contributed by atoms with Crippen LogP contribution in [-0.2, 0) is 17.6 Å². The first-order chi connectivity index (χ1) is 30.2. The molecule has 2 aliphatic rings. The van der Waals surface area contributed by atoms with E-state index in [9.17, 15) is 14.7 Å². The van der Waals surface area contributed by atoms with Gasteiger partial charge in [0.05, 0.1) is 20.8 Å². The summed E-state index contributed by atoms with van der Waals surface area (Å²) in [6.45, 7) is 6.95. The van der Waals surface area contributed by atoms with E-state index in [1.807, 2.05) is 48.5 Å². The summed E-state index contributed by atoms with van der Waals surface area (Å²) < 4.78 is 26.6. The van der Waals surface area contributed by atoms with Crippen molar-refractivity contribution in [3.05, 3.63) is 120 Å². The highest BCUT2D eigenvalue weighted by molar-refractivity contribution is 5.97. The Bertz CT molecular complexity index is 2440. The number of rotatable bonds is 16. The highest BCUT2D eigenvalue weighted by atomic mass is 16.5. The molecule has 13 nitrogen and oxygen atoms in total. The lowest BCUT2D eigenvalue weighted by Crippen LogP contribution is -2.36. The molecule has 8 rings (SSSR count). The molecule has 13 heteroatoms. The Hall–Kier alpha value is -6.02. The Kier molecular flexibility index (Phi) is 14.7. The fourth-order valence-electron chi connectivity index (χ4n) is 8.97. The predicted octanol–water partition coefficient (Wildman–Crippen LogP) is 6.99. The number of phenolic OH excluding ortho intramolecular Hbond substituents is 1. The van der Waals surface area contributed by atoms with E-state index in [0.29, 0.717) is 42.2 Å². The molecule has 62 heavy (non-hydrogen) atoms. The zero-order chi connectivity index (χ0) is 43.6. The molecule has 5 N–H and O–H groups in total. The third kappa shape index (κ3) is 10.4. The fraction of sp³-hybridized carbons (Fsp3) is 0.388. The summed E-state index contributed by atoms with van der Waals surface area (Å²) in [6.07, 6.45) is 10.1. The molecular formula is C49H60N6O7. The number of aromatic hydroxyl groups is 1. The normalized spacial score (nSPS) is 15.3. The largest absolute Gasteiger partial charge is 0.508 e. The third-order valence-electron chi connectivity index (χ3n) is 12.5. The first-order valence-electron chi connectivity index (χ1n) is 21.5. The van der Waals surface area contributed by atoms with Gasteiger partial charge in [-0.1, -0.05) is 24.3 Å². The minimum absolute atomic E-state index is 0.295. The van der Waals surface area contributed by atoms with Gasteiger partial charge in [-0.05, 0) is 110 Å². The Morgan fingerprint density at radius 3 is 1.56 bits per heavy atom. The van der Waals surface area contributed by atoms with Crippen molar-refractivity contribution in [2.45, 2.75) is 50.6 Å². The van der Waals surface area contributed by atoms with Crippen molar-refractivity contribution >= 4 is 33.6 Å². The number of nitrogens with two attached hydrogens (primary N) is 2. The number of ether oxygens (including phenoxy) is 4. The lowest BCUT2D eigenvalue weighted by Gasteiger charge is -2.33. The van der Waals surface area contributed by atoms with E-state index < -0.39 is 5.91 Å². The summed E-state index contributed by atoms with van der Waals surface area (Å²) in [5.41, 5.74) is 16.2.